The molecule has 2 aromatic rings. The number of ether oxygens (including phenoxy) is 2. The number of hydrogen-bond acceptors (Lipinski definition) is 4. The molecule has 0 spiro atoms. The van der Waals surface area contributed by atoms with Crippen molar-refractivity contribution in [3.8, 4) is 5.75 Å². The van der Waals surface area contributed by atoms with Crippen molar-refractivity contribution in [2.45, 2.75) is 70.4 Å². The van der Waals surface area contributed by atoms with Crippen LogP contribution in [0.4, 0.5) is 0 Å². The molecule has 2 saturated carbocycles. The Morgan fingerprint density at radius 1 is 0.875 bits per heavy atom. The number of hydrogen-bond donors (Lipinski definition) is 0. The molecule has 4 heteroatoms. The zero-order chi connectivity index (χ0) is 21.9. The van der Waals surface area contributed by atoms with Crippen LogP contribution in [0.1, 0.15) is 63.4 Å². The van der Waals surface area contributed by atoms with Gasteiger partial charge in [0.05, 0.1) is 19.1 Å². The van der Waals surface area contributed by atoms with Gasteiger partial charge in [-0.2, -0.15) is 0 Å². The van der Waals surface area contributed by atoms with E-state index in [4.69, 9.17) is 9.47 Å². The predicted molar refractivity (Wildman–Crippen MR) is 128 cm³/mol. The van der Waals surface area contributed by atoms with Crippen molar-refractivity contribution in [1.82, 2.24) is 4.90 Å². The van der Waals surface area contributed by atoms with Crippen molar-refractivity contribution < 1.29 is 14.3 Å². The van der Waals surface area contributed by atoms with Gasteiger partial charge in [0.1, 0.15) is 5.75 Å². The van der Waals surface area contributed by atoms with Gasteiger partial charge in [-0.1, -0.05) is 50.3 Å². The summed E-state index contributed by atoms with van der Waals surface area (Å²) in [6, 6.07) is 13.2. The summed E-state index contributed by atoms with van der Waals surface area (Å²) in [7, 11) is 1.47. The number of esters is 1. The third kappa shape index (κ3) is 4.96. The van der Waals surface area contributed by atoms with E-state index in [0.717, 1.165) is 37.2 Å². The van der Waals surface area contributed by atoms with Gasteiger partial charge in [-0.15, -0.1) is 0 Å². The van der Waals surface area contributed by atoms with E-state index in [-0.39, 0.29) is 11.9 Å². The van der Waals surface area contributed by atoms with Crippen LogP contribution in [-0.2, 0) is 16.1 Å². The SMILES string of the molecule is COC(=O)C1CN(Cc2ccc3cc(OC4CCC(C5CCCCC5)CC4)ccc3c2)C1. The van der Waals surface area contributed by atoms with Gasteiger partial charge in [-0.3, -0.25) is 9.69 Å². The lowest BCUT2D eigenvalue weighted by Gasteiger charge is -2.37. The van der Waals surface area contributed by atoms with Gasteiger partial charge in [-0.25, -0.2) is 0 Å². The molecular weight excluding hydrogens is 398 g/mol. The zero-order valence-electron chi connectivity index (χ0n) is 19.4. The molecule has 1 heterocycles. The molecule has 0 unspecified atom stereocenters. The van der Waals surface area contributed by atoms with E-state index in [2.05, 4.69) is 41.3 Å². The van der Waals surface area contributed by atoms with Gasteiger partial charge >= 0.3 is 5.97 Å². The molecule has 0 radical (unpaired) electrons. The number of carbonyl (C=O) groups excluding carboxylic acids is 1. The number of likely N-dealkylation sites (tertiary alicyclic amines) is 1. The predicted octanol–water partition coefficient (Wildman–Crippen LogP) is 5.96. The Hall–Kier alpha value is -2.07. The highest BCUT2D eigenvalue weighted by molar-refractivity contribution is 5.84. The fraction of sp³-hybridized carbons (Fsp3) is 0.607. The Kier molecular flexibility index (Phi) is 6.68. The summed E-state index contributed by atoms with van der Waals surface area (Å²) in [4.78, 5) is 13.9. The van der Waals surface area contributed by atoms with Crippen LogP contribution in [0.3, 0.4) is 0 Å². The molecule has 3 fully saturated rings. The molecular formula is C28H37NO3. The molecule has 0 amide bonds. The molecule has 0 aromatic heterocycles. The van der Waals surface area contributed by atoms with Crippen molar-refractivity contribution >= 4 is 16.7 Å². The Labute approximate surface area is 192 Å². The van der Waals surface area contributed by atoms with E-state index >= 15 is 0 Å². The van der Waals surface area contributed by atoms with Crippen molar-refractivity contribution in [1.29, 1.82) is 0 Å². The van der Waals surface area contributed by atoms with Crippen LogP contribution < -0.4 is 4.74 Å². The first-order valence-corrected chi connectivity index (χ1v) is 12.7. The minimum atomic E-state index is -0.0882. The van der Waals surface area contributed by atoms with Gasteiger partial charge in [0.25, 0.3) is 0 Å². The minimum absolute atomic E-state index is 0.0397. The summed E-state index contributed by atoms with van der Waals surface area (Å²) in [6.45, 7) is 2.47. The second-order valence-corrected chi connectivity index (χ2v) is 10.3. The smallest absolute Gasteiger partial charge is 0.311 e. The van der Waals surface area contributed by atoms with E-state index in [0.29, 0.717) is 6.10 Å². The molecule has 4 nitrogen and oxygen atoms in total. The van der Waals surface area contributed by atoms with E-state index in [9.17, 15) is 4.79 Å². The lowest BCUT2D eigenvalue weighted by atomic mass is 9.73. The van der Waals surface area contributed by atoms with Crippen LogP contribution in [-0.4, -0.2) is 37.2 Å². The molecule has 1 aliphatic heterocycles. The monoisotopic (exact) mass is 435 g/mol. The van der Waals surface area contributed by atoms with Gasteiger partial charge in [-0.05, 0) is 72.1 Å². The lowest BCUT2D eigenvalue weighted by Crippen LogP contribution is -2.49. The first kappa shape index (κ1) is 21.8. The normalized spacial score (nSPS) is 25.4. The highest BCUT2D eigenvalue weighted by Crippen LogP contribution is 2.39. The molecule has 32 heavy (non-hydrogen) atoms. The molecule has 172 valence electrons. The third-order valence-electron chi connectivity index (χ3n) is 8.11. The largest absolute Gasteiger partial charge is 0.490 e. The van der Waals surface area contributed by atoms with Crippen molar-refractivity contribution in [3.63, 3.8) is 0 Å². The number of benzene rings is 2. The first-order valence-electron chi connectivity index (χ1n) is 12.7. The maximum atomic E-state index is 11.6. The molecule has 0 N–H and O–H groups in total. The van der Waals surface area contributed by atoms with Crippen LogP contribution in [0.15, 0.2) is 36.4 Å². The fourth-order valence-corrected chi connectivity index (χ4v) is 6.19. The molecule has 2 aliphatic carbocycles. The lowest BCUT2D eigenvalue weighted by molar-refractivity contribution is -0.151. The van der Waals surface area contributed by atoms with E-state index in [1.54, 1.807) is 0 Å². The summed E-state index contributed by atoms with van der Waals surface area (Å²) >= 11 is 0. The van der Waals surface area contributed by atoms with Gasteiger partial charge < -0.3 is 9.47 Å². The summed E-state index contributed by atoms with van der Waals surface area (Å²) in [5.41, 5.74) is 1.29. The number of fused-ring (bicyclic) bond motifs is 1. The Morgan fingerprint density at radius 2 is 1.56 bits per heavy atom. The maximum absolute atomic E-state index is 11.6. The molecule has 5 rings (SSSR count). The van der Waals surface area contributed by atoms with E-state index < -0.39 is 0 Å². The first-order chi connectivity index (χ1) is 15.7. The molecule has 2 aromatic carbocycles. The Balaban J connectivity index is 1.13. The topological polar surface area (TPSA) is 38.8 Å². The van der Waals surface area contributed by atoms with Crippen LogP contribution in [0.2, 0.25) is 0 Å². The van der Waals surface area contributed by atoms with Crippen LogP contribution in [0.5, 0.6) is 5.75 Å². The number of rotatable bonds is 6. The standard InChI is InChI=1S/C28H37NO3/c1-31-28(30)25-18-29(19-25)17-20-7-8-24-16-27(14-11-23(24)15-20)32-26-12-9-22(10-13-26)21-5-3-2-4-6-21/h7-8,11,14-16,21-22,25-26H,2-6,9-10,12-13,17-19H2,1H3. The van der Waals surface area contributed by atoms with Gasteiger partial charge in [0.2, 0.25) is 0 Å². The fourth-order valence-electron chi connectivity index (χ4n) is 6.19. The van der Waals surface area contributed by atoms with Gasteiger partial charge in [0, 0.05) is 19.6 Å². The Morgan fingerprint density at radius 3 is 2.31 bits per heavy atom. The van der Waals surface area contributed by atoms with Crippen molar-refractivity contribution in [3.05, 3.63) is 42.0 Å². The number of carbonyl (C=O) groups is 1. The summed E-state index contributed by atoms with van der Waals surface area (Å²) in [5.74, 6) is 2.89. The van der Waals surface area contributed by atoms with E-state index in [1.165, 1.54) is 81.2 Å². The van der Waals surface area contributed by atoms with Gasteiger partial charge in [0.15, 0.2) is 0 Å². The van der Waals surface area contributed by atoms with Crippen LogP contribution in [0.25, 0.3) is 10.8 Å². The quantitative estimate of drug-likeness (QED) is 0.525. The molecule has 0 atom stereocenters. The molecule has 1 saturated heterocycles. The average Bonchev–Trinajstić information content (AvgIpc) is 2.82. The molecule has 3 aliphatic rings. The second-order valence-electron chi connectivity index (χ2n) is 10.3. The molecule has 0 bridgehead atoms. The van der Waals surface area contributed by atoms with Crippen molar-refractivity contribution in [2.24, 2.45) is 17.8 Å². The van der Waals surface area contributed by atoms with E-state index in [1.807, 2.05) is 0 Å². The highest BCUT2D eigenvalue weighted by atomic mass is 16.5. The highest BCUT2D eigenvalue weighted by Gasteiger charge is 2.33. The van der Waals surface area contributed by atoms with Crippen LogP contribution >= 0.6 is 0 Å². The Bertz CT molecular complexity index is 921. The minimum Gasteiger partial charge on any atom is -0.490 e. The maximum Gasteiger partial charge on any atom is 0.311 e. The zero-order valence-corrected chi connectivity index (χ0v) is 19.4. The van der Waals surface area contributed by atoms with Crippen LogP contribution in [0, 0.1) is 17.8 Å². The van der Waals surface area contributed by atoms with Crippen molar-refractivity contribution in [2.75, 3.05) is 20.2 Å². The average molecular weight is 436 g/mol. The second kappa shape index (κ2) is 9.82. The summed E-state index contributed by atoms with van der Waals surface area (Å²) in [6.07, 6.45) is 12.8. The number of methoxy groups -OCH3 is 1. The number of nitrogens with zero attached hydrogens (tertiary/aromatic N) is 1. The summed E-state index contributed by atoms with van der Waals surface area (Å²) in [5, 5.41) is 2.49. The summed E-state index contributed by atoms with van der Waals surface area (Å²) < 4.78 is 11.2. The third-order valence-corrected chi connectivity index (χ3v) is 8.11.